The summed E-state index contributed by atoms with van der Waals surface area (Å²) in [7, 11) is -2.75. The molecule has 0 aliphatic heterocycles. The highest BCUT2D eigenvalue weighted by Crippen LogP contribution is 2.36. The Kier molecular flexibility index (Phi) is 7.27. The van der Waals surface area contributed by atoms with E-state index in [1.165, 1.54) is 20.7 Å². The summed E-state index contributed by atoms with van der Waals surface area (Å²) in [6.45, 7) is 0. The van der Waals surface area contributed by atoms with E-state index in [0.29, 0.717) is 11.1 Å². The fraction of sp³-hybridized carbons (Fsp3) is 0. The van der Waals surface area contributed by atoms with Crippen molar-refractivity contribution in [3.63, 3.8) is 0 Å². The molecule has 0 amide bonds. The van der Waals surface area contributed by atoms with Gasteiger partial charge in [-0.05, 0) is 68.8 Å². The van der Waals surface area contributed by atoms with Crippen molar-refractivity contribution in [1.29, 1.82) is 10.5 Å². The van der Waals surface area contributed by atoms with E-state index in [0.717, 1.165) is 38.6 Å². The van der Waals surface area contributed by atoms with Crippen LogP contribution in [0.3, 0.4) is 0 Å². The Labute approximate surface area is 280 Å². The normalized spacial score (nSPS) is 11.3. The van der Waals surface area contributed by atoms with Gasteiger partial charge in [0.15, 0.2) is 8.07 Å². The van der Waals surface area contributed by atoms with Gasteiger partial charge in [-0.1, -0.05) is 133 Å². The van der Waals surface area contributed by atoms with Crippen LogP contribution in [0.15, 0.2) is 176 Å². The van der Waals surface area contributed by atoms with Crippen LogP contribution in [0.1, 0.15) is 11.1 Å². The molecule has 0 spiro atoms. The first-order chi connectivity index (χ1) is 23.7. The van der Waals surface area contributed by atoms with Crippen LogP contribution in [0.25, 0.3) is 38.6 Å². The van der Waals surface area contributed by atoms with Gasteiger partial charge < -0.3 is 4.57 Å². The molecule has 0 N–H and O–H groups in total. The summed E-state index contributed by atoms with van der Waals surface area (Å²) in [4.78, 5) is 0. The smallest absolute Gasteiger partial charge is 0.179 e. The lowest BCUT2D eigenvalue weighted by Crippen LogP contribution is -2.74. The van der Waals surface area contributed by atoms with Crippen molar-refractivity contribution in [3.8, 4) is 29.0 Å². The van der Waals surface area contributed by atoms with E-state index in [2.05, 4.69) is 168 Å². The lowest BCUT2D eigenvalue weighted by atomic mass is 10.0. The summed E-state index contributed by atoms with van der Waals surface area (Å²) < 4.78 is 2.32. The SMILES string of the molecule is N#Cc1ccc([Si](c2ccccc2)(c2ccccc2)c2ccc(-c3ccccc3-n3c4ccccc4c4cc(C#N)ccc43)cc2)cc1. The minimum absolute atomic E-state index is 0.654. The zero-order chi connectivity index (χ0) is 32.5. The highest BCUT2D eigenvalue weighted by atomic mass is 28.3. The van der Waals surface area contributed by atoms with Gasteiger partial charge in [-0.2, -0.15) is 10.5 Å². The second kappa shape index (κ2) is 12.0. The van der Waals surface area contributed by atoms with Gasteiger partial charge >= 0.3 is 0 Å². The Balaban J connectivity index is 1.34. The number of rotatable bonds is 6. The molecule has 0 saturated carbocycles. The Morgan fingerprint density at radius 2 is 0.917 bits per heavy atom. The summed E-state index contributed by atoms with van der Waals surface area (Å²) >= 11 is 0. The molecule has 1 aromatic heterocycles. The van der Waals surface area contributed by atoms with Crippen LogP contribution in [0.5, 0.6) is 0 Å². The first-order valence-electron chi connectivity index (χ1n) is 16.0. The summed E-state index contributed by atoms with van der Waals surface area (Å²) in [5.74, 6) is 0. The van der Waals surface area contributed by atoms with Gasteiger partial charge in [-0.15, -0.1) is 0 Å². The largest absolute Gasteiger partial charge is 0.309 e. The molecule has 224 valence electrons. The fourth-order valence-corrected chi connectivity index (χ4v) is 12.0. The van der Waals surface area contributed by atoms with Crippen molar-refractivity contribution in [2.75, 3.05) is 0 Å². The predicted octanol–water partition coefficient (Wildman–Crippen LogP) is 7.57. The minimum atomic E-state index is -2.75. The number of para-hydroxylation sites is 2. The van der Waals surface area contributed by atoms with Crippen LogP contribution in [0, 0.1) is 22.7 Å². The van der Waals surface area contributed by atoms with E-state index < -0.39 is 8.07 Å². The monoisotopic (exact) mass is 627 g/mol. The van der Waals surface area contributed by atoms with E-state index in [-0.39, 0.29) is 0 Å². The van der Waals surface area contributed by atoms with Gasteiger partial charge in [0.05, 0.1) is 40.0 Å². The Morgan fingerprint density at radius 3 is 1.56 bits per heavy atom. The average Bonchev–Trinajstić information content (AvgIpc) is 3.50. The molecule has 4 heteroatoms. The van der Waals surface area contributed by atoms with Gasteiger partial charge in [0.25, 0.3) is 0 Å². The van der Waals surface area contributed by atoms with Gasteiger partial charge in [-0.25, -0.2) is 0 Å². The van der Waals surface area contributed by atoms with E-state index >= 15 is 0 Å². The minimum Gasteiger partial charge on any atom is -0.309 e. The number of hydrogen-bond acceptors (Lipinski definition) is 2. The van der Waals surface area contributed by atoms with Gasteiger partial charge in [0.2, 0.25) is 0 Å². The zero-order valence-electron chi connectivity index (χ0n) is 26.1. The van der Waals surface area contributed by atoms with Crippen LogP contribution >= 0.6 is 0 Å². The highest BCUT2D eigenvalue weighted by Gasteiger charge is 2.41. The van der Waals surface area contributed by atoms with E-state index in [4.69, 9.17) is 0 Å². The first kappa shape index (κ1) is 29.0. The highest BCUT2D eigenvalue weighted by molar-refractivity contribution is 7.19. The quantitative estimate of drug-likeness (QED) is 0.141. The first-order valence-corrected chi connectivity index (χ1v) is 18.0. The van der Waals surface area contributed by atoms with E-state index in [1.807, 2.05) is 24.3 Å². The lowest BCUT2D eigenvalue weighted by molar-refractivity contribution is 1.18. The molecule has 0 fully saturated rings. The van der Waals surface area contributed by atoms with Crippen LogP contribution in [0.4, 0.5) is 0 Å². The molecule has 8 aromatic rings. The van der Waals surface area contributed by atoms with E-state index in [9.17, 15) is 10.5 Å². The molecule has 0 atom stereocenters. The maximum absolute atomic E-state index is 9.64. The van der Waals surface area contributed by atoms with Gasteiger partial charge in [-0.3, -0.25) is 0 Å². The second-order valence-electron chi connectivity index (χ2n) is 12.0. The zero-order valence-corrected chi connectivity index (χ0v) is 27.1. The molecule has 0 aliphatic rings. The number of hydrogen-bond donors (Lipinski definition) is 0. The lowest BCUT2D eigenvalue weighted by Gasteiger charge is -2.34. The number of aromatic nitrogens is 1. The summed E-state index contributed by atoms with van der Waals surface area (Å²) in [5.41, 5.74) is 6.82. The maximum atomic E-state index is 9.64. The molecular formula is C44H29N3Si. The molecule has 0 unspecified atom stereocenters. The van der Waals surface area contributed by atoms with Gasteiger partial charge in [0.1, 0.15) is 0 Å². The molecule has 0 aliphatic carbocycles. The molecule has 0 bridgehead atoms. The van der Waals surface area contributed by atoms with Crippen molar-refractivity contribution in [3.05, 3.63) is 187 Å². The molecule has 8 rings (SSSR count). The third-order valence-electron chi connectivity index (χ3n) is 9.44. The number of nitriles is 2. The van der Waals surface area contributed by atoms with Crippen LogP contribution in [-0.4, -0.2) is 12.6 Å². The van der Waals surface area contributed by atoms with Gasteiger partial charge in [0, 0.05) is 16.3 Å². The third-order valence-corrected chi connectivity index (χ3v) is 14.2. The third kappa shape index (κ3) is 4.64. The standard InChI is InChI=1S/C44H29N3Si/c45-30-32-19-24-37(25-20-32)48(35-11-3-1-4-12-35,36-13-5-2-6-14-36)38-26-22-34(23-27-38)39-15-7-9-17-42(39)47-43-18-10-8-16-40(43)41-29-33(31-46)21-28-44(41)47/h1-29H. The van der Waals surface area contributed by atoms with Crippen LogP contribution < -0.4 is 20.7 Å². The Hall–Kier alpha value is -6.46. The second-order valence-corrected chi connectivity index (χ2v) is 15.8. The molecule has 48 heavy (non-hydrogen) atoms. The van der Waals surface area contributed by atoms with Crippen molar-refractivity contribution in [2.45, 2.75) is 0 Å². The number of nitrogens with zero attached hydrogens (tertiary/aromatic N) is 3. The molecule has 7 aromatic carbocycles. The Bertz CT molecular complexity index is 2460. The van der Waals surface area contributed by atoms with Crippen LogP contribution in [-0.2, 0) is 0 Å². The molecular weight excluding hydrogens is 599 g/mol. The summed E-state index contributed by atoms with van der Waals surface area (Å²) in [6, 6.07) is 66.5. The predicted molar refractivity (Wildman–Crippen MR) is 199 cm³/mol. The summed E-state index contributed by atoms with van der Waals surface area (Å²) in [5, 5.41) is 26.5. The molecule has 0 radical (unpaired) electrons. The Morgan fingerprint density at radius 1 is 0.417 bits per heavy atom. The molecule has 3 nitrogen and oxygen atoms in total. The fourth-order valence-electron chi connectivity index (χ4n) is 7.29. The maximum Gasteiger partial charge on any atom is 0.179 e. The van der Waals surface area contributed by atoms with E-state index in [1.54, 1.807) is 0 Å². The average molecular weight is 628 g/mol. The van der Waals surface area contributed by atoms with Crippen molar-refractivity contribution < 1.29 is 0 Å². The van der Waals surface area contributed by atoms with Crippen molar-refractivity contribution >= 4 is 50.6 Å². The van der Waals surface area contributed by atoms with Crippen molar-refractivity contribution in [1.82, 2.24) is 4.57 Å². The number of fused-ring (bicyclic) bond motifs is 3. The van der Waals surface area contributed by atoms with Crippen LogP contribution in [0.2, 0.25) is 0 Å². The number of benzene rings is 7. The molecule has 0 saturated heterocycles. The van der Waals surface area contributed by atoms with Crippen molar-refractivity contribution in [2.24, 2.45) is 0 Å². The summed E-state index contributed by atoms with van der Waals surface area (Å²) in [6.07, 6.45) is 0. The topological polar surface area (TPSA) is 52.5 Å². The molecule has 1 heterocycles.